The first-order valence-corrected chi connectivity index (χ1v) is 7.18. The molecule has 0 saturated carbocycles. The van der Waals surface area contributed by atoms with E-state index in [0.29, 0.717) is 17.2 Å². The van der Waals surface area contributed by atoms with Gasteiger partial charge in [0.05, 0.1) is 12.4 Å². The number of rotatable bonds is 4. The molecule has 1 aromatic carbocycles. The lowest BCUT2D eigenvalue weighted by Gasteiger charge is -2.20. The topological polar surface area (TPSA) is 86.7 Å². The molecule has 1 aromatic rings. The van der Waals surface area contributed by atoms with Crippen molar-refractivity contribution in [3.05, 3.63) is 35.9 Å². The minimum atomic E-state index is -1.02. The van der Waals surface area contributed by atoms with Crippen LogP contribution in [0.25, 0.3) is 0 Å². The minimum Gasteiger partial charge on any atom is -0.480 e. The van der Waals surface area contributed by atoms with Crippen LogP contribution in [0.5, 0.6) is 0 Å². The predicted molar refractivity (Wildman–Crippen MR) is 74.4 cm³/mol. The number of nitrogens with one attached hydrogen (secondary N) is 1. The van der Waals surface area contributed by atoms with E-state index in [1.807, 2.05) is 0 Å². The van der Waals surface area contributed by atoms with Crippen LogP contribution in [0.15, 0.2) is 30.3 Å². The zero-order valence-corrected chi connectivity index (χ0v) is 11.4. The summed E-state index contributed by atoms with van der Waals surface area (Å²) in [6.45, 7) is -0.196. The minimum absolute atomic E-state index is 0.196. The molecule has 1 heterocycles. The van der Waals surface area contributed by atoms with E-state index >= 15 is 0 Å². The molecule has 2 amide bonds. The molecule has 0 unspecified atom stereocenters. The van der Waals surface area contributed by atoms with E-state index in [1.165, 1.54) is 16.7 Å². The van der Waals surface area contributed by atoms with Crippen molar-refractivity contribution in [1.29, 1.82) is 0 Å². The fourth-order valence-electron chi connectivity index (χ4n) is 1.84. The Hall–Kier alpha value is -2.02. The van der Waals surface area contributed by atoms with Crippen molar-refractivity contribution in [3.8, 4) is 0 Å². The number of carboxylic acids is 1. The molecular weight excluding hydrogens is 280 g/mol. The third-order valence-corrected chi connectivity index (χ3v) is 3.94. The van der Waals surface area contributed by atoms with Gasteiger partial charge in [-0.15, -0.1) is 11.8 Å². The van der Waals surface area contributed by atoms with Gasteiger partial charge in [0, 0.05) is 11.3 Å². The maximum Gasteiger partial charge on any atom is 0.327 e. The third-order valence-electron chi connectivity index (χ3n) is 2.92. The van der Waals surface area contributed by atoms with Gasteiger partial charge in [-0.3, -0.25) is 9.59 Å². The van der Waals surface area contributed by atoms with Crippen molar-refractivity contribution in [2.45, 2.75) is 6.04 Å². The Bertz CT molecular complexity index is 520. The van der Waals surface area contributed by atoms with Crippen LogP contribution in [0.1, 0.15) is 10.4 Å². The predicted octanol–water partition coefficient (Wildman–Crippen LogP) is 0.403. The quantitative estimate of drug-likeness (QED) is 0.839. The molecule has 0 aromatic heterocycles. The Morgan fingerprint density at radius 3 is 2.65 bits per heavy atom. The van der Waals surface area contributed by atoms with Crippen LogP contribution in [0.2, 0.25) is 0 Å². The molecule has 0 aliphatic carbocycles. The van der Waals surface area contributed by atoms with Gasteiger partial charge in [-0.05, 0) is 12.1 Å². The molecule has 0 radical (unpaired) electrons. The second-order valence-corrected chi connectivity index (χ2v) is 5.27. The molecule has 1 aliphatic heterocycles. The Kier molecular flexibility index (Phi) is 4.62. The van der Waals surface area contributed by atoms with Gasteiger partial charge in [-0.2, -0.15) is 0 Å². The zero-order valence-electron chi connectivity index (χ0n) is 10.6. The Labute approximate surface area is 120 Å². The van der Waals surface area contributed by atoms with Gasteiger partial charge in [0.2, 0.25) is 5.91 Å². The van der Waals surface area contributed by atoms with Gasteiger partial charge in [-0.25, -0.2) is 4.79 Å². The molecule has 106 valence electrons. The molecule has 2 N–H and O–H groups in total. The Morgan fingerprint density at radius 1 is 1.30 bits per heavy atom. The number of thioether (sulfide) groups is 1. The van der Waals surface area contributed by atoms with Crippen LogP contribution >= 0.6 is 11.8 Å². The third kappa shape index (κ3) is 3.30. The van der Waals surface area contributed by atoms with Crippen LogP contribution in [0.3, 0.4) is 0 Å². The van der Waals surface area contributed by atoms with Crippen molar-refractivity contribution in [2.24, 2.45) is 0 Å². The Morgan fingerprint density at radius 2 is 2.00 bits per heavy atom. The SMILES string of the molecule is O=C(NCC(=O)N1CSC[C@H]1C(=O)O)c1ccccc1. The summed E-state index contributed by atoms with van der Waals surface area (Å²) in [6, 6.07) is 7.74. The number of carboxylic acid groups (broad SMARTS) is 1. The molecule has 1 saturated heterocycles. The van der Waals surface area contributed by atoms with Crippen molar-refractivity contribution in [1.82, 2.24) is 10.2 Å². The number of amides is 2. The lowest BCUT2D eigenvalue weighted by Crippen LogP contribution is -2.46. The number of carbonyl (C=O) groups is 3. The van der Waals surface area contributed by atoms with Gasteiger partial charge < -0.3 is 15.3 Å². The summed E-state index contributed by atoms with van der Waals surface area (Å²) in [7, 11) is 0. The summed E-state index contributed by atoms with van der Waals surface area (Å²) in [5, 5.41) is 11.5. The van der Waals surface area contributed by atoms with Crippen LogP contribution in [-0.4, -0.2) is 52.0 Å². The summed E-state index contributed by atoms with van der Waals surface area (Å²) in [4.78, 5) is 36.0. The van der Waals surface area contributed by atoms with Crippen LogP contribution in [-0.2, 0) is 9.59 Å². The number of carbonyl (C=O) groups excluding carboxylic acids is 2. The largest absolute Gasteiger partial charge is 0.480 e. The lowest BCUT2D eigenvalue weighted by atomic mass is 10.2. The standard InChI is InChI=1S/C13H14N2O4S/c16-11(15-8-20-7-10(15)13(18)19)6-14-12(17)9-4-2-1-3-5-9/h1-5,10H,6-8H2,(H,14,17)(H,18,19)/t10-/m0/s1. The molecule has 7 heteroatoms. The lowest BCUT2D eigenvalue weighted by molar-refractivity contribution is -0.147. The number of hydrogen-bond acceptors (Lipinski definition) is 4. The highest BCUT2D eigenvalue weighted by molar-refractivity contribution is 7.99. The number of benzene rings is 1. The zero-order chi connectivity index (χ0) is 14.5. The van der Waals surface area contributed by atoms with Gasteiger partial charge in [0.25, 0.3) is 5.91 Å². The van der Waals surface area contributed by atoms with Crippen molar-refractivity contribution in [2.75, 3.05) is 18.2 Å². The average molecular weight is 294 g/mol. The van der Waals surface area contributed by atoms with Crippen LogP contribution < -0.4 is 5.32 Å². The van der Waals surface area contributed by atoms with E-state index < -0.39 is 12.0 Å². The first-order valence-electron chi connectivity index (χ1n) is 6.03. The molecule has 0 spiro atoms. The molecule has 1 aliphatic rings. The molecule has 2 rings (SSSR count). The van der Waals surface area contributed by atoms with E-state index in [0.717, 1.165) is 0 Å². The second kappa shape index (κ2) is 6.42. The molecule has 1 fully saturated rings. The molecule has 20 heavy (non-hydrogen) atoms. The van der Waals surface area contributed by atoms with E-state index in [-0.39, 0.29) is 18.4 Å². The maximum atomic E-state index is 11.9. The first kappa shape index (κ1) is 14.4. The molecule has 6 nitrogen and oxygen atoms in total. The van der Waals surface area contributed by atoms with Gasteiger partial charge in [0.15, 0.2) is 0 Å². The fraction of sp³-hybridized carbons (Fsp3) is 0.308. The molecular formula is C13H14N2O4S. The van der Waals surface area contributed by atoms with Crippen molar-refractivity contribution >= 4 is 29.5 Å². The molecule has 1 atom stereocenters. The normalized spacial score (nSPS) is 17.8. The first-order chi connectivity index (χ1) is 9.59. The number of nitrogens with zero attached hydrogens (tertiary/aromatic N) is 1. The highest BCUT2D eigenvalue weighted by Gasteiger charge is 2.34. The van der Waals surface area contributed by atoms with Gasteiger partial charge in [-0.1, -0.05) is 18.2 Å². The Balaban J connectivity index is 1.89. The summed E-state index contributed by atoms with van der Waals surface area (Å²) >= 11 is 1.39. The van der Waals surface area contributed by atoms with Gasteiger partial charge in [0.1, 0.15) is 6.04 Å². The van der Waals surface area contributed by atoms with E-state index in [1.54, 1.807) is 30.3 Å². The second-order valence-electron chi connectivity index (χ2n) is 4.27. The number of aliphatic carboxylic acids is 1. The summed E-state index contributed by atoms with van der Waals surface area (Å²) < 4.78 is 0. The maximum absolute atomic E-state index is 11.9. The van der Waals surface area contributed by atoms with Crippen LogP contribution in [0, 0.1) is 0 Å². The number of hydrogen-bond donors (Lipinski definition) is 2. The van der Waals surface area contributed by atoms with Gasteiger partial charge >= 0.3 is 5.97 Å². The van der Waals surface area contributed by atoms with E-state index in [4.69, 9.17) is 5.11 Å². The average Bonchev–Trinajstić information content (AvgIpc) is 2.95. The molecule has 0 bridgehead atoms. The van der Waals surface area contributed by atoms with Crippen molar-refractivity contribution < 1.29 is 19.5 Å². The summed E-state index contributed by atoms with van der Waals surface area (Å²) in [6.07, 6.45) is 0. The van der Waals surface area contributed by atoms with Crippen LogP contribution in [0.4, 0.5) is 0 Å². The summed E-state index contributed by atoms with van der Waals surface area (Å²) in [5.74, 6) is -1.02. The monoisotopic (exact) mass is 294 g/mol. The highest BCUT2D eigenvalue weighted by Crippen LogP contribution is 2.20. The smallest absolute Gasteiger partial charge is 0.327 e. The fourth-order valence-corrected chi connectivity index (χ4v) is 3.01. The van der Waals surface area contributed by atoms with E-state index in [9.17, 15) is 14.4 Å². The van der Waals surface area contributed by atoms with Crippen molar-refractivity contribution in [3.63, 3.8) is 0 Å². The highest BCUT2D eigenvalue weighted by atomic mass is 32.2. The summed E-state index contributed by atoms with van der Waals surface area (Å²) in [5.41, 5.74) is 0.464. The van der Waals surface area contributed by atoms with E-state index in [2.05, 4.69) is 5.32 Å².